The van der Waals surface area contributed by atoms with E-state index in [9.17, 15) is 9.59 Å². The number of amides is 2. The van der Waals surface area contributed by atoms with E-state index < -0.39 is 18.6 Å². The summed E-state index contributed by atoms with van der Waals surface area (Å²) in [5.74, 6) is -1.15. The summed E-state index contributed by atoms with van der Waals surface area (Å²) in [6.07, 6.45) is 0. The molecule has 6 heteroatoms. The molecule has 0 aliphatic carbocycles. The number of rotatable bonds is 5. The lowest BCUT2D eigenvalue weighted by molar-refractivity contribution is -0.144. The molecule has 2 aromatic carbocycles. The summed E-state index contributed by atoms with van der Waals surface area (Å²) in [5.41, 5.74) is 2.93. The van der Waals surface area contributed by atoms with Crippen molar-refractivity contribution in [3.05, 3.63) is 48.0 Å². The average Bonchev–Trinajstić information content (AvgIpc) is 2.44. The monoisotopic (exact) mass is 274 g/mol. The summed E-state index contributed by atoms with van der Waals surface area (Å²) in [4.78, 5) is 26.0. The van der Waals surface area contributed by atoms with Gasteiger partial charge in [0.15, 0.2) is 6.61 Å². The number of hydroxylamine groups is 1. The Morgan fingerprint density at radius 1 is 1.10 bits per heavy atom. The third kappa shape index (κ3) is 3.96. The van der Waals surface area contributed by atoms with E-state index in [2.05, 4.69) is 10.2 Å². The van der Waals surface area contributed by atoms with E-state index in [-0.39, 0.29) is 0 Å². The van der Waals surface area contributed by atoms with E-state index in [0.29, 0.717) is 6.54 Å². The Bertz CT molecular complexity index is 627. The number of carbonyl (C=O) groups is 2. The molecule has 0 heterocycles. The summed E-state index contributed by atoms with van der Waals surface area (Å²) in [6, 6.07) is 13.2. The van der Waals surface area contributed by atoms with E-state index >= 15 is 0 Å². The summed E-state index contributed by atoms with van der Waals surface area (Å²) in [6.45, 7) is -0.253. The second-order valence-corrected chi connectivity index (χ2v) is 4.15. The van der Waals surface area contributed by atoms with Crippen LogP contribution in [-0.2, 0) is 16.2 Å². The van der Waals surface area contributed by atoms with Gasteiger partial charge in [0.2, 0.25) is 0 Å². The standard InChI is InChI=1S/C14H14N2O4/c17-13(18)9-20-16-14(19)15-8-10-5-6-11-3-1-2-4-12(11)7-10/h1-7H,8-9H2,(H,17,18)(H2,15,16,19). The smallest absolute Gasteiger partial charge is 0.338 e. The Labute approximate surface area is 115 Å². The highest BCUT2D eigenvalue weighted by atomic mass is 16.7. The van der Waals surface area contributed by atoms with Crippen molar-refractivity contribution in [1.82, 2.24) is 10.8 Å². The van der Waals surface area contributed by atoms with Crippen LogP contribution in [0.2, 0.25) is 0 Å². The first-order valence-electron chi connectivity index (χ1n) is 6.00. The number of carboxylic acid groups (broad SMARTS) is 1. The fourth-order valence-corrected chi connectivity index (χ4v) is 1.73. The van der Waals surface area contributed by atoms with Crippen LogP contribution in [0.1, 0.15) is 5.56 Å². The molecule has 0 saturated heterocycles. The number of nitrogens with one attached hydrogen (secondary N) is 2. The Balaban J connectivity index is 1.86. The first-order chi connectivity index (χ1) is 9.65. The van der Waals surface area contributed by atoms with E-state index in [1.54, 1.807) is 0 Å². The molecule has 0 spiro atoms. The minimum absolute atomic E-state index is 0.326. The van der Waals surface area contributed by atoms with Crippen LogP contribution in [0.15, 0.2) is 42.5 Å². The molecule has 0 saturated carbocycles. The van der Waals surface area contributed by atoms with Crippen molar-refractivity contribution in [2.45, 2.75) is 6.54 Å². The van der Waals surface area contributed by atoms with Gasteiger partial charge < -0.3 is 10.4 Å². The van der Waals surface area contributed by atoms with Crippen LogP contribution in [0.25, 0.3) is 10.8 Å². The summed E-state index contributed by atoms with van der Waals surface area (Å²) in [5, 5.41) is 13.1. The number of hydrogen-bond acceptors (Lipinski definition) is 3. The molecule has 0 bridgehead atoms. The van der Waals surface area contributed by atoms with Gasteiger partial charge in [-0.05, 0) is 22.4 Å². The van der Waals surface area contributed by atoms with E-state index in [0.717, 1.165) is 16.3 Å². The zero-order valence-electron chi connectivity index (χ0n) is 10.6. The van der Waals surface area contributed by atoms with Gasteiger partial charge >= 0.3 is 12.0 Å². The average molecular weight is 274 g/mol. The fourth-order valence-electron chi connectivity index (χ4n) is 1.73. The zero-order valence-corrected chi connectivity index (χ0v) is 10.6. The SMILES string of the molecule is O=C(O)CONC(=O)NCc1ccc2ccccc2c1. The minimum atomic E-state index is -1.15. The van der Waals surface area contributed by atoms with Crippen molar-refractivity contribution < 1.29 is 19.5 Å². The lowest BCUT2D eigenvalue weighted by Crippen LogP contribution is -2.36. The zero-order chi connectivity index (χ0) is 14.4. The van der Waals surface area contributed by atoms with Gasteiger partial charge in [0.25, 0.3) is 0 Å². The van der Waals surface area contributed by atoms with Crippen molar-refractivity contribution in [1.29, 1.82) is 0 Å². The second kappa shape index (κ2) is 6.53. The van der Waals surface area contributed by atoms with Crippen LogP contribution in [0.5, 0.6) is 0 Å². The van der Waals surface area contributed by atoms with Gasteiger partial charge in [-0.15, -0.1) is 0 Å². The number of benzene rings is 2. The van der Waals surface area contributed by atoms with Crippen molar-refractivity contribution in [3.8, 4) is 0 Å². The molecule has 20 heavy (non-hydrogen) atoms. The molecule has 0 aliphatic heterocycles. The van der Waals surface area contributed by atoms with Crippen LogP contribution < -0.4 is 10.8 Å². The van der Waals surface area contributed by atoms with Gasteiger partial charge in [-0.25, -0.2) is 15.1 Å². The Hall–Kier alpha value is -2.60. The molecular weight excluding hydrogens is 260 g/mol. The normalized spacial score (nSPS) is 10.2. The molecule has 104 valence electrons. The number of carbonyl (C=O) groups excluding carboxylic acids is 1. The maximum atomic E-state index is 11.3. The summed E-state index contributed by atoms with van der Waals surface area (Å²) < 4.78 is 0. The summed E-state index contributed by atoms with van der Waals surface area (Å²) >= 11 is 0. The van der Waals surface area contributed by atoms with Crippen LogP contribution in [0, 0.1) is 0 Å². The van der Waals surface area contributed by atoms with E-state index in [1.165, 1.54) is 0 Å². The molecule has 3 N–H and O–H groups in total. The van der Waals surface area contributed by atoms with E-state index in [4.69, 9.17) is 5.11 Å². The van der Waals surface area contributed by atoms with Crippen LogP contribution >= 0.6 is 0 Å². The van der Waals surface area contributed by atoms with Gasteiger partial charge in [0.05, 0.1) is 0 Å². The molecule has 0 aromatic heterocycles. The largest absolute Gasteiger partial charge is 0.479 e. The van der Waals surface area contributed by atoms with Crippen molar-refractivity contribution in [2.75, 3.05) is 6.61 Å². The minimum Gasteiger partial charge on any atom is -0.479 e. The number of hydrogen-bond donors (Lipinski definition) is 3. The summed E-state index contributed by atoms with van der Waals surface area (Å²) in [7, 11) is 0. The Morgan fingerprint density at radius 3 is 2.60 bits per heavy atom. The molecular formula is C14H14N2O4. The maximum Gasteiger partial charge on any atom is 0.338 e. The number of urea groups is 1. The van der Waals surface area contributed by atoms with Gasteiger partial charge in [-0.1, -0.05) is 36.4 Å². The predicted molar refractivity (Wildman–Crippen MR) is 72.9 cm³/mol. The molecule has 0 unspecified atom stereocenters. The molecule has 2 rings (SSSR count). The van der Waals surface area contributed by atoms with Gasteiger partial charge in [-0.2, -0.15) is 0 Å². The first kappa shape index (κ1) is 13.8. The third-order valence-electron chi connectivity index (χ3n) is 2.63. The highest BCUT2D eigenvalue weighted by Crippen LogP contribution is 2.15. The van der Waals surface area contributed by atoms with Gasteiger partial charge in [0, 0.05) is 6.54 Å². The number of aliphatic carboxylic acids is 1. The molecule has 2 aromatic rings. The van der Waals surface area contributed by atoms with Gasteiger partial charge in [0.1, 0.15) is 0 Å². The second-order valence-electron chi connectivity index (χ2n) is 4.15. The number of carboxylic acids is 1. The molecule has 0 atom stereocenters. The van der Waals surface area contributed by atoms with Gasteiger partial charge in [-0.3, -0.25) is 4.84 Å². The quantitative estimate of drug-likeness (QED) is 0.723. The van der Waals surface area contributed by atoms with Crippen molar-refractivity contribution in [3.63, 3.8) is 0 Å². The lowest BCUT2D eigenvalue weighted by Gasteiger charge is -2.07. The van der Waals surface area contributed by atoms with Crippen LogP contribution in [-0.4, -0.2) is 23.7 Å². The van der Waals surface area contributed by atoms with Crippen LogP contribution in [0.3, 0.4) is 0 Å². The van der Waals surface area contributed by atoms with E-state index in [1.807, 2.05) is 47.9 Å². The number of fused-ring (bicyclic) bond motifs is 1. The molecule has 0 fully saturated rings. The molecule has 6 nitrogen and oxygen atoms in total. The fraction of sp³-hybridized carbons (Fsp3) is 0.143. The molecule has 0 aliphatic rings. The topological polar surface area (TPSA) is 87.7 Å². The lowest BCUT2D eigenvalue weighted by atomic mass is 10.1. The molecule has 0 radical (unpaired) electrons. The predicted octanol–water partition coefficient (Wildman–Crippen LogP) is 1.66. The Kier molecular flexibility index (Phi) is 4.52. The maximum absolute atomic E-state index is 11.3. The van der Waals surface area contributed by atoms with Crippen LogP contribution in [0.4, 0.5) is 4.79 Å². The van der Waals surface area contributed by atoms with Crippen molar-refractivity contribution >= 4 is 22.8 Å². The first-order valence-corrected chi connectivity index (χ1v) is 6.00. The third-order valence-corrected chi connectivity index (χ3v) is 2.63. The highest BCUT2D eigenvalue weighted by molar-refractivity contribution is 5.83. The Morgan fingerprint density at radius 2 is 1.85 bits per heavy atom. The highest BCUT2D eigenvalue weighted by Gasteiger charge is 2.03. The van der Waals surface area contributed by atoms with Crippen molar-refractivity contribution in [2.24, 2.45) is 0 Å². The molecule has 2 amide bonds.